The Morgan fingerprint density at radius 2 is 1.84 bits per heavy atom. The van der Waals surface area contributed by atoms with Gasteiger partial charge < -0.3 is 4.90 Å². The third-order valence-electron chi connectivity index (χ3n) is 3.50. The number of anilines is 1. The summed E-state index contributed by atoms with van der Waals surface area (Å²) in [5.74, 6) is -0.851. The van der Waals surface area contributed by atoms with Crippen LogP contribution < -0.4 is 4.90 Å². The van der Waals surface area contributed by atoms with Crippen LogP contribution in [-0.2, 0) is 5.88 Å². The zero-order valence-electron chi connectivity index (χ0n) is 10.2. The zero-order valence-corrected chi connectivity index (χ0v) is 11.7. The van der Waals surface area contributed by atoms with Crippen molar-refractivity contribution in [3.8, 4) is 0 Å². The van der Waals surface area contributed by atoms with Crippen molar-refractivity contribution in [3.05, 3.63) is 28.8 Å². The van der Waals surface area contributed by atoms with Crippen molar-refractivity contribution < 1.29 is 13.2 Å². The Bertz CT molecular complexity index is 440. The van der Waals surface area contributed by atoms with E-state index < -0.39 is 12.1 Å². The van der Waals surface area contributed by atoms with E-state index in [4.69, 9.17) is 23.2 Å². The summed E-state index contributed by atoms with van der Waals surface area (Å²) in [7, 11) is 0. The summed E-state index contributed by atoms with van der Waals surface area (Å²) in [5, 5.41) is 0.561. The van der Waals surface area contributed by atoms with Crippen molar-refractivity contribution in [1.29, 1.82) is 0 Å². The summed E-state index contributed by atoms with van der Waals surface area (Å²) in [6.07, 6.45) is -3.80. The minimum atomic E-state index is -4.08. The Morgan fingerprint density at radius 3 is 2.32 bits per heavy atom. The van der Waals surface area contributed by atoms with Gasteiger partial charge in [0, 0.05) is 29.7 Å². The van der Waals surface area contributed by atoms with Crippen LogP contribution in [0.15, 0.2) is 18.2 Å². The fourth-order valence-electron chi connectivity index (χ4n) is 2.31. The standard InChI is InChI=1S/C13H14Cl2F3N/c14-8-9-1-2-11(7-12(9)15)19-5-3-10(4-6-19)13(16,17)18/h1-2,7,10H,3-6,8H2. The first-order valence-corrected chi connectivity index (χ1v) is 6.99. The van der Waals surface area contributed by atoms with Gasteiger partial charge in [0.15, 0.2) is 0 Å². The summed E-state index contributed by atoms with van der Waals surface area (Å²) in [6.45, 7) is 0.807. The highest BCUT2D eigenvalue weighted by Gasteiger charge is 2.41. The molecule has 0 spiro atoms. The van der Waals surface area contributed by atoms with Crippen LogP contribution in [0.3, 0.4) is 0 Å². The molecular formula is C13H14Cl2F3N. The first-order valence-electron chi connectivity index (χ1n) is 6.08. The van der Waals surface area contributed by atoms with Crippen LogP contribution in [-0.4, -0.2) is 19.3 Å². The topological polar surface area (TPSA) is 3.24 Å². The van der Waals surface area contributed by atoms with E-state index in [1.165, 1.54) is 0 Å². The number of nitrogens with zero attached hydrogens (tertiary/aromatic N) is 1. The second-order valence-corrected chi connectivity index (χ2v) is 5.39. The largest absolute Gasteiger partial charge is 0.391 e. The van der Waals surface area contributed by atoms with Gasteiger partial charge in [0.1, 0.15) is 0 Å². The van der Waals surface area contributed by atoms with Gasteiger partial charge in [-0.3, -0.25) is 0 Å². The van der Waals surface area contributed by atoms with Crippen LogP contribution >= 0.6 is 23.2 Å². The van der Waals surface area contributed by atoms with Gasteiger partial charge in [-0.2, -0.15) is 13.2 Å². The molecule has 0 radical (unpaired) electrons. The lowest BCUT2D eigenvalue weighted by atomic mass is 9.96. The molecule has 1 nitrogen and oxygen atoms in total. The van der Waals surface area contributed by atoms with Crippen LogP contribution in [0, 0.1) is 5.92 Å². The summed E-state index contributed by atoms with van der Waals surface area (Å²) in [5.41, 5.74) is 1.69. The van der Waals surface area contributed by atoms with Crippen LogP contribution in [0.2, 0.25) is 5.02 Å². The average Bonchev–Trinajstić information content (AvgIpc) is 2.38. The minimum Gasteiger partial charge on any atom is -0.371 e. The van der Waals surface area contributed by atoms with Crippen LogP contribution in [0.25, 0.3) is 0 Å². The number of alkyl halides is 4. The molecule has 1 aliphatic heterocycles. The van der Waals surface area contributed by atoms with Gasteiger partial charge in [0.25, 0.3) is 0 Å². The Hall–Kier alpha value is -0.610. The molecule has 1 aromatic carbocycles. The normalized spacial score (nSPS) is 17.8. The average molecular weight is 312 g/mol. The van der Waals surface area contributed by atoms with Crippen molar-refractivity contribution in [1.82, 2.24) is 0 Å². The maximum absolute atomic E-state index is 12.6. The number of rotatable bonds is 2. The van der Waals surface area contributed by atoms with Crippen LogP contribution in [0.1, 0.15) is 18.4 Å². The van der Waals surface area contributed by atoms with E-state index in [1.807, 2.05) is 17.0 Å². The molecule has 0 N–H and O–H groups in total. The zero-order chi connectivity index (χ0) is 14.0. The summed E-state index contributed by atoms with van der Waals surface area (Å²) in [4.78, 5) is 1.94. The van der Waals surface area contributed by atoms with E-state index in [-0.39, 0.29) is 12.8 Å². The Morgan fingerprint density at radius 1 is 1.21 bits per heavy atom. The molecular weight excluding hydrogens is 298 g/mol. The molecule has 0 bridgehead atoms. The van der Waals surface area contributed by atoms with Crippen LogP contribution in [0.4, 0.5) is 18.9 Å². The van der Waals surface area contributed by atoms with E-state index in [9.17, 15) is 13.2 Å². The number of hydrogen-bond donors (Lipinski definition) is 0. The lowest BCUT2D eigenvalue weighted by molar-refractivity contribution is -0.179. The molecule has 19 heavy (non-hydrogen) atoms. The van der Waals surface area contributed by atoms with Gasteiger partial charge >= 0.3 is 6.18 Å². The molecule has 1 aromatic rings. The summed E-state index contributed by atoms with van der Waals surface area (Å²) < 4.78 is 37.7. The van der Waals surface area contributed by atoms with Gasteiger partial charge in [-0.1, -0.05) is 17.7 Å². The second-order valence-electron chi connectivity index (χ2n) is 4.71. The lowest BCUT2D eigenvalue weighted by Crippen LogP contribution is -2.39. The van der Waals surface area contributed by atoms with E-state index >= 15 is 0 Å². The molecule has 0 amide bonds. The molecule has 6 heteroatoms. The molecule has 1 saturated heterocycles. The van der Waals surface area contributed by atoms with Gasteiger partial charge in [0.2, 0.25) is 0 Å². The third-order valence-corrected chi connectivity index (χ3v) is 4.14. The van der Waals surface area contributed by atoms with E-state index in [1.54, 1.807) is 6.07 Å². The van der Waals surface area contributed by atoms with E-state index in [0.29, 0.717) is 24.0 Å². The lowest BCUT2D eigenvalue weighted by Gasteiger charge is -2.34. The van der Waals surface area contributed by atoms with Gasteiger partial charge in [-0.25, -0.2) is 0 Å². The van der Waals surface area contributed by atoms with Crippen molar-refractivity contribution in [2.24, 2.45) is 5.92 Å². The number of benzene rings is 1. The van der Waals surface area contributed by atoms with E-state index in [0.717, 1.165) is 11.3 Å². The number of hydrogen-bond acceptors (Lipinski definition) is 1. The molecule has 0 unspecified atom stereocenters. The molecule has 2 rings (SSSR count). The Balaban J connectivity index is 2.04. The van der Waals surface area contributed by atoms with Gasteiger partial charge in [-0.15, -0.1) is 11.6 Å². The highest BCUT2D eigenvalue weighted by atomic mass is 35.5. The van der Waals surface area contributed by atoms with Crippen molar-refractivity contribution in [3.63, 3.8) is 0 Å². The smallest absolute Gasteiger partial charge is 0.371 e. The van der Waals surface area contributed by atoms with Crippen molar-refractivity contribution >= 4 is 28.9 Å². The monoisotopic (exact) mass is 311 g/mol. The fraction of sp³-hybridized carbons (Fsp3) is 0.538. The Kier molecular flexibility index (Phi) is 4.51. The first kappa shape index (κ1) is 14.8. The first-order chi connectivity index (χ1) is 8.91. The molecule has 106 valence electrons. The maximum atomic E-state index is 12.6. The summed E-state index contributed by atoms with van der Waals surface area (Å²) >= 11 is 11.8. The third kappa shape index (κ3) is 3.48. The molecule has 0 atom stereocenters. The highest BCUT2D eigenvalue weighted by Crippen LogP contribution is 2.36. The maximum Gasteiger partial charge on any atom is 0.391 e. The van der Waals surface area contributed by atoms with Gasteiger partial charge in [0.05, 0.1) is 5.92 Å². The SMILES string of the molecule is FC(F)(F)C1CCN(c2ccc(CCl)c(Cl)c2)CC1. The number of piperidine rings is 1. The molecule has 1 heterocycles. The van der Waals surface area contributed by atoms with Gasteiger partial charge in [-0.05, 0) is 30.5 Å². The molecule has 1 aliphatic rings. The number of halogens is 5. The fourth-order valence-corrected chi connectivity index (χ4v) is 2.85. The van der Waals surface area contributed by atoms with E-state index in [2.05, 4.69) is 0 Å². The predicted octanol–water partition coefficient (Wildman–Crippen LogP) is 4.86. The minimum absolute atomic E-state index is 0.137. The highest BCUT2D eigenvalue weighted by molar-refractivity contribution is 6.32. The molecule has 0 aliphatic carbocycles. The Labute approximate surface area is 120 Å². The predicted molar refractivity (Wildman–Crippen MR) is 72.0 cm³/mol. The van der Waals surface area contributed by atoms with Crippen LogP contribution in [0.5, 0.6) is 0 Å². The molecule has 1 fully saturated rings. The van der Waals surface area contributed by atoms with Crippen molar-refractivity contribution in [2.75, 3.05) is 18.0 Å². The molecule has 0 saturated carbocycles. The van der Waals surface area contributed by atoms with Crippen molar-refractivity contribution in [2.45, 2.75) is 24.9 Å². The quantitative estimate of drug-likeness (QED) is 0.705. The molecule has 0 aromatic heterocycles. The second kappa shape index (κ2) is 5.80. The summed E-state index contributed by atoms with van der Waals surface area (Å²) in [6, 6.07) is 5.45.